The van der Waals surface area contributed by atoms with Crippen LogP contribution in [0.25, 0.3) is 11.1 Å². The molecule has 0 heterocycles. The number of carbonyl (C=O) groups is 1. The number of hydrogen-bond acceptors (Lipinski definition) is 3. The van der Waals surface area contributed by atoms with Crippen molar-refractivity contribution in [1.29, 1.82) is 0 Å². The molecule has 0 saturated carbocycles. The Morgan fingerprint density at radius 2 is 1.58 bits per heavy atom. The zero-order valence-corrected chi connectivity index (χ0v) is 15.2. The summed E-state index contributed by atoms with van der Waals surface area (Å²) in [6.07, 6.45) is 0.544. The molecule has 0 aromatic heterocycles. The Labute approximate surface area is 144 Å². The molecule has 0 unspecified atom stereocenters. The molecule has 0 aliphatic heterocycles. The molecule has 0 atom stereocenters. The molecule has 0 bridgehead atoms. The quantitative estimate of drug-likeness (QED) is 0.646. The molecule has 0 amide bonds. The van der Waals surface area contributed by atoms with Crippen molar-refractivity contribution in [3.8, 4) is 11.1 Å². The normalized spacial score (nSPS) is 12.0. The monoisotopic (exact) mass is 325 g/mol. The third-order valence-corrected chi connectivity index (χ3v) is 3.84. The number of esters is 1. The number of nitrogen functional groups attached to an aromatic ring is 1. The standard InChI is InChI=1S/C21H27NO2/c1-20(2,3)24-19(23)21(4,5)14-17-12-11-16(13-18(17)22)15-9-7-6-8-10-15/h6-13H,14,22H2,1-5H3. The fourth-order valence-electron chi connectivity index (χ4n) is 2.53. The first-order chi connectivity index (χ1) is 11.1. The Balaban J connectivity index is 2.20. The molecule has 0 aliphatic carbocycles. The molecule has 3 nitrogen and oxygen atoms in total. The third kappa shape index (κ3) is 4.60. The molecule has 2 aromatic rings. The van der Waals surface area contributed by atoms with Gasteiger partial charge in [-0.2, -0.15) is 0 Å². The van der Waals surface area contributed by atoms with Crippen molar-refractivity contribution in [1.82, 2.24) is 0 Å². The minimum Gasteiger partial charge on any atom is -0.460 e. The van der Waals surface area contributed by atoms with Crippen LogP contribution in [0.5, 0.6) is 0 Å². The summed E-state index contributed by atoms with van der Waals surface area (Å²) in [5, 5.41) is 0. The van der Waals surface area contributed by atoms with Crippen LogP contribution in [-0.4, -0.2) is 11.6 Å². The van der Waals surface area contributed by atoms with Gasteiger partial charge in [-0.1, -0.05) is 42.5 Å². The summed E-state index contributed by atoms with van der Waals surface area (Å²) in [4.78, 5) is 12.4. The lowest BCUT2D eigenvalue weighted by atomic mass is 9.84. The third-order valence-electron chi connectivity index (χ3n) is 3.84. The number of nitrogens with two attached hydrogens (primary N) is 1. The summed E-state index contributed by atoms with van der Waals surface area (Å²) < 4.78 is 5.53. The maximum absolute atomic E-state index is 12.4. The number of ether oxygens (including phenoxy) is 1. The molecular formula is C21H27NO2. The molecule has 0 radical (unpaired) electrons. The van der Waals surface area contributed by atoms with E-state index >= 15 is 0 Å². The van der Waals surface area contributed by atoms with Gasteiger partial charge in [0.15, 0.2) is 0 Å². The lowest BCUT2D eigenvalue weighted by Crippen LogP contribution is -2.35. The number of anilines is 1. The van der Waals surface area contributed by atoms with Crippen LogP contribution in [0.1, 0.15) is 40.2 Å². The Hall–Kier alpha value is -2.29. The van der Waals surface area contributed by atoms with Gasteiger partial charge >= 0.3 is 5.97 Å². The van der Waals surface area contributed by atoms with Crippen molar-refractivity contribution in [2.75, 3.05) is 5.73 Å². The average molecular weight is 325 g/mol. The Kier molecular flexibility index (Phi) is 5.02. The second-order valence-corrected chi connectivity index (χ2v) is 7.84. The number of hydrogen-bond donors (Lipinski definition) is 1. The van der Waals surface area contributed by atoms with Crippen LogP contribution in [0.15, 0.2) is 48.5 Å². The first-order valence-corrected chi connectivity index (χ1v) is 8.26. The average Bonchev–Trinajstić information content (AvgIpc) is 2.48. The maximum Gasteiger partial charge on any atom is 0.312 e. The van der Waals surface area contributed by atoms with Gasteiger partial charge in [0, 0.05) is 5.69 Å². The minimum atomic E-state index is -0.629. The molecule has 2 N–H and O–H groups in total. The Morgan fingerprint density at radius 1 is 0.958 bits per heavy atom. The van der Waals surface area contributed by atoms with Gasteiger partial charge in [0.1, 0.15) is 5.60 Å². The van der Waals surface area contributed by atoms with Gasteiger partial charge in [-0.05, 0) is 63.8 Å². The smallest absolute Gasteiger partial charge is 0.312 e. The topological polar surface area (TPSA) is 52.3 Å². The minimum absolute atomic E-state index is 0.207. The van der Waals surface area contributed by atoms with Crippen LogP contribution in [0.2, 0.25) is 0 Å². The van der Waals surface area contributed by atoms with E-state index in [1.807, 2.05) is 71.0 Å². The van der Waals surface area contributed by atoms with E-state index in [2.05, 4.69) is 12.1 Å². The van der Waals surface area contributed by atoms with E-state index in [-0.39, 0.29) is 5.97 Å². The van der Waals surface area contributed by atoms with Crippen molar-refractivity contribution in [3.63, 3.8) is 0 Å². The largest absolute Gasteiger partial charge is 0.460 e. The maximum atomic E-state index is 12.4. The first kappa shape index (κ1) is 18.1. The van der Waals surface area contributed by atoms with Crippen molar-refractivity contribution in [3.05, 3.63) is 54.1 Å². The summed E-state index contributed by atoms with van der Waals surface area (Å²) in [5.41, 5.74) is 8.99. The molecule has 0 aliphatic rings. The van der Waals surface area contributed by atoms with Crippen LogP contribution in [-0.2, 0) is 16.0 Å². The predicted octanol–water partition coefficient (Wildman–Crippen LogP) is 4.85. The van der Waals surface area contributed by atoms with Gasteiger partial charge in [-0.3, -0.25) is 4.79 Å². The van der Waals surface area contributed by atoms with Gasteiger partial charge in [0.25, 0.3) is 0 Å². The highest BCUT2D eigenvalue weighted by Gasteiger charge is 2.33. The van der Waals surface area contributed by atoms with Crippen LogP contribution in [0, 0.1) is 5.41 Å². The van der Waals surface area contributed by atoms with Gasteiger partial charge in [0.05, 0.1) is 5.41 Å². The molecule has 2 aromatic carbocycles. The lowest BCUT2D eigenvalue weighted by molar-refractivity contribution is -0.165. The van der Waals surface area contributed by atoms with Gasteiger partial charge < -0.3 is 10.5 Å². The van der Waals surface area contributed by atoms with E-state index in [1.165, 1.54) is 0 Å². The fraction of sp³-hybridized carbons (Fsp3) is 0.381. The summed E-state index contributed by atoms with van der Waals surface area (Å²) in [6, 6.07) is 16.1. The lowest BCUT2D eigenvalue weighted by Gasteiger charge is -2.29. The van der Waals surface area contributed by atoms with E-state index < -0.39 is 11.0 Å². The number of benzene rings is 2. The van der Waals surface area contributed by atoms with Crippen molar-refractivity contribution < 1.29 is 9.53 Å². The van der Waals surface area contributed by atoms with E-state index in [1.54, 1.807) is 0 Å². The van der Waals surface area contributed by atoms with Crippen molar-refractivity contribution >= 4 is 11.7 Å². The summed E-state index contributed by atoms with van der Waals surface area (Å²) in [6.45, 7) is 9.43. The molecule has 0 fully saturated rings. The predicted molar refractivity (Wildman–Crippen MR) is 99.6 cm³/mol. The second-order valence-electron chi connectivity index (χ2n) is 7.84. The highest BCUT2D eigenvalue weighted by atomic mass is 16.6. The number of rotatable bonds is 4. The molecule has 0 spiro atoms. The van der Waals surface area contributed by atoms with Gasteiger partial charge in [-0.25, -0.2) is 0 Å². The highest BCUT2D eigenvalue weighted by Crippen LogP contribution is 2.31. The summed E-state index contributed by atoms with van der Waals surface area (Å²) in [7, 11) is 0. The fourth-order valence-corrected chi connectivity index (χ4v) is 2.53. The van der Waals surface area contributed by atoms with E-state index in [0.29, 0.717) is 12.1 Å². The van der Waals surface area contributed by atoms with Gasteiger partial charge in [0.2, 0.25) is 0 Å². The Morgan fingerprint density at radius 3 is 2.12 bits per heavy atom. The Bertz CT molecular complexity index is 712. The van der Waals surface area contributed by atoms with Gasteiger partial charge in [-0.15, -0.1) is 0 Å². The summed E-state index contributed by atoms with van der Waals surface area (Å²) >= 11 is 0. The van der Waals surface area contributed by atoms with Crippen LogP contribution in [0.3, 0.4) is 0 Å². The van der Waals surface area contributed by atoms with E-state index in [4.69, 9.17) is 10.5 Å². The van der Waals surface area contributed by atoms with Crippen LogP contribution < -0.4 is 5.73 Å². The molecule has 2 rings (SSSR count). The first-order valence-electron chi connectivity index (χ1n) is 8.26. The molecule has 0 saturated heterocycles. The number of carbonyl (C=O) groups excluding carboxylic acids is 1. The zero-order chi connectivity index (χ0) is 18.0. The van der Waals surface area contributed by atoms with Crippen LogP contribution in [0.4, 0.5) is 5.69 Å². The summed E-state index contributed by atoms with van der Waals surface area (Å²) in [5.74, 6) is -0.207. The molecular weight excluding hydrogens is 298 g/mol. The highest BCUT2D eigenvalue weighted by molar-refractivity contribution is 5.77. The van der Waals surface area contributed by atoms with Crippen LogP contribution >= 0.6 is 0 Å². The molecule has 128 valence electrons. The van der Waals surface area contributed by atoms with Crippen molar-refractivity contribution in [2.45, 2.75) is 46.6 Å². The van der Waals surface area contributed by atoms with E-state index in [9.17, 15) is 4.79 Å². The zero-order valence-electron chi connectivity index (χ0n) is 15.2. The molecule has 3 heteroatoms. The van der Waals surface area contributed by atoms with Crippen molar-refractivity contribution in [2.24, 2.45) is 5.41 Å². The second kappa shape index (κ2) is 6.68. The molecule has 24 heavy (non-hydrogen) atoms. The van der Waals surface area contributed by atoms with E-state index in [0.717, 1.165) is 16.7 Å². The SMILES string of the molecule is CC(C)(C)OC(=O)C(C)(C)Cc1ccc(-c2ccccc2)cc1N.